The smallest absolute Gasteiger partial charge is 0.349 e. The molecule has 0 fully saturated rings. The summed E-state index contributed by atoms with van der Waals surface area (Å²) in [5, 5.41) is 32.3. The van der Waals surface area contributed by atoms with Gasteiger partial charge in [0.05, 0.1) is 14.3 Å². The van der Waals surface area contributed by atoms with E-state index in [9.17, 15) is 24.8 Å². The standard InChI is InChI=1S/C20H15BrN2O7S/c21-16-17(30-10-15(24)25)19(20(26)27)31-18(16)12-4-1-3-11(7-12)9-22-13-5-2-6-14(8-13)23(28)29/h1-8,22H,9-10H2,(H,24,25)(H,26,27). The number of non-ortho nitro benzene ring substituents is 1. The molecule has 2 aromatic carbocycles. The molecule has 1 heterocycles. The fourth-order valence-corrected chi connectivity index (χ4v) is 4.63. The minimum atomic E-state index is -1.22. The van der Waals surface area contributed by atoms with E-state index in [2.05, 4.69) is 21.2 Å². The van der Waals surface area contributed by atoms with Crippen LogP contribution in [0.1, 0.15) is 15.2 Å². The summed E-state index contributed by atoms with van der Waals surface area (Å²) in [5.74, 6) is -2.47. The Balaban J connectivity index is 1.85. The number of hydrogen-bond donors (Lipinski definition) is 3. The molecule has 0 saturated carbocycles. The Kier molecular flexibility index (Phi) is 6.88. The van der Waals surface area contributed by atoms with Gasteiger partial charge < -0.3 is 20.3 Å². The van der Waals surface area contributed by atoms with Crippen molar-refractivity contribution >= 4 is 50.6 Å². The number of benzene rings is 2. The fraction of sp³-hybridized carbons (Fsp3) is 0.100. The van der Waals surface area contributed by atoms with Crippen LogP contribution >= 0.6 is 27.3 Å². The maximum Gasteiger partial charge on any atom is 0.349 e. The molecule has 160 valence electrons. The van der Waals surface area contributed by atoms with Crippen molar-refractivity contribution < 1.29 is 29.5 Å². The molecule has 31 heavy (non-hydrogen) atoms. The van der Waals surface area contributed by atoms with Gasteiger partial charge in [-0.15, -0.1) is 11.3 Å². The third-order valence-corrected chi connectivity index (χ3v) is 6.31. The zero-order valence-electron chi connectivity index (χ0n) is 15.7. The molecule has 3 aromatic rings. The van der Waals surface area contributed by atoms with Gasteiger partial charge in [-0.05, 0) is 39.2 Å². The van der Waals surface area contributed by atoms with Crippen molar-refractivity contribution in [2.45, 2.75) is 6.54 Å². The molecule has 3 N–H and O–H groups in total. The number of nitrogens with one attached hydrogen (secondary N) is 1. The molecule has 9 nitrogen and oxygen atoms in total. The normalized spacial score (nSPS) is 10.5. The SMILES string of the molecule is O=C(O)COc1c(C(=O)O)sc(-c2cccc(CNc3cccc([N+](=O)[O-])c3)c2)c1Br. The van der Waals surface area contributed by atoms with E-state index in [-0.39, 0.29) is 16.3 Å². The highest BCUT2D eigenvalue weighted by Gasteiger charge is 2.24. The van der Waals surface area contributed by atoms with Crippen molar-refractivity contribution in [3.05, 3.63) is 73.6 Å². The van der Waals surface area contributed by atoms with Gasteiger partial charge >= 0.3 is 11.9 Å². The topological polar surface area (TPSA) is 139 Å². The summed E-state index contributed by atoms with van der Waals surface area (Å²) in [5.41, 5.74) is 2.14. The number of nitro groups is 1. The van der Waals surface area contributed by atoms with Gasteiger partial charge in [0.15, 0.2) is 17.2 Å². The van der Waals surface area contributed by atoms with Crippen LogP contribution < -0.4 is 10.1 Å². The quantitative estimate of drug-likeness (QED) is 0.276. The third-order valence-electron chi connectivity index (χ3n) is 4.09. The minimum Gasteiger partial charge on any atom is -0.479 e. The predicted molar refractivity (Wildman–Crippen MR) is 118 cm³/mol. The second kappa shape index (κ2) is 9.58. The van der Waals surface area contributed by atoms with E-state index in [0.29, 0.717) is 27.1 Å². The van der Waals surface area contributed by atoms with Gasteiger partial charge in [0.1, 0.15) is 0 Å². The Hall–Kier alpha value is -3.44. The molecule has 0 aliphatic carbocycles. The molecule has 0 radical (unpaired) electrons. The van der Waals surface area contributed by atoms with E-state index in [1.165, 1.54) is 12.1 Å². The van der Waals surface area contributed by atoms with Gasteiger partial charge in [-0.3, -0.25) is 10.1 Å². The Morgan fingerprint density at radius 1 is 1.16 bits per heavy atom. The second-order valence-corrected chi connectivity index (χ2v) is 8.07. The monoisotopic (exact) mass is 506 g/mol. The number of carboxylic acid groups (broad SMARTS) is 2. The van der Waals surface area contributed by atoms with Crippen LogP contribution in [0.25, 0.3) is 10.4 Å². The molecule has 0 bridgehead atoms. The first kappa shape index (κ1) is 22.2. The summed E-state index contributed by atoms with van der Waals surface area (Å²) in [6, 6.07) is 13.4. The molecule has 0 saturated heterocycles. The summed E-state index contributed by atoms with van der Waals surface area (Å²) >= 11 is 4.30. The first-order chi connectivity index (χ1) is 14.8. The predicted octanol–water partition coefficient (Wildman–Crippen LogP) is 4.86. The zero-order chi connectivity index (χ0) is 22.5. The number of thiophene rings is 1. The van der Waals surface area contributed by atoms with E-state index in [4.69, 9.17) is 9.84 Å². The highest BCUT2D eigenvalue weighted by Crippen LogP contribution is 2.45. The van der Waals surface area contributed by atoms with Crippen LogP contribution in [-0.2, 0) is 11.3 Å². The van der Waals surface area contributed by atoms with Crippen molar-refractivity contribution in [1.82, 2.24) is 0 Å². The molecule has 1 aromatic heterocycles. The van der Waals surface area contributed by atoms with Crippen LogP contribution in [0.2, 0.25) is 0 Å². The number of nitrogens with zero attached hydrogens (tertiary/aromatic N) is 1. The van der Waals surface area contributed by atoms with E-state index in [0.717, 1.165) is 16.9 Å². The molecular formula is C20H15BrN2O7S. The Labute approximate surface area is 188 Å². The first-order valence-corrected chi connectivity index (χ1v) is 10.3. The van der Waals surface area contributed by atoms with Gasteiger partial charge in [0.25, 0.3) is 5.69 Å². The molecule has 0 amide bonds. The van der Waals surface area contributed by atoms with E-state index in [1.807, 2.05) is 12.1 Å². The number of hydrogen-bond acceptors (Lipinski definition) is 7. The van der Waals surface area contributed by atoms with Gasteiger partial charge in [0.2, 0.25) is 0 Å². The molecular weight excluding hydrogens is 492 g/mol. The summed E-state index contributed by atoms with van der Waals surface area (Å²) in [6.45, 7) is -0.283. The van der Waals surface area contributed by atoms with Crippen molar-refractivity contribution in [3.63, 3.8) is 0 Å². The highest BCUT2D eigenvalue weighted by atomic mass is 79.9. The van der Waals surface area contributed by atoms with E-state index < -0.39 is 23.5 Å². The van der Waals surface area contributed by atoms with Crippen LogP contribution in [0.4, 0.5) is 11.4 Å². The van der Waals surface area contributed by atoms with Crippen LogP contribution in [0, 0.1) is 10.1 Å². The maximum atomic E-state index is 11.6. The van der Waals surface area contributed by atoms with Crippen LogP contribution in [0.15, 0.2) is 53.0 Å². The molecule has 0 spiro atoms. The van der Waals surface area contributed by atoms with Crippen molar-refractivity contribution in [2.75, 3.05) is 11.9 Å². The highest BCUT2D eigenvalue weighted by molar-refractivity contribution is 9.10. The Bertz CT molecular complexity index is 1160. The average Bonchev–Trinajstić information content (AvgIpc) is 3.07. The van der Waals surface area contributed by atoms with Gasteiger partial charge in [-0.25, -0.2) is 9.59 Å². The molecule has 0 aliphatic rings. The van der Waals surface area contributed by atoms with Crippen LogP contribution in [0.3, 0.4) is 0 Å². The number of anilines is 1. The van der Waals surface area contributed by atoms with E-state index in [1.54, 1.807) is 24.3 Å². The molecule has 0 aliphatic heterocycles. The summed E-state index contributed by atoms with van der Waals surface area (Å²) in [6.07, 6.45) is 0. The number of nitro benzene ring substituents is 1. The molecule has 0 atom stereocenters. The van der Waals surface area contributed by atoms with E-state index >= 15 is 0 Å². The summed E-state index contributed by atoms with van der Waals surface area (Å²) in [7, 11) is 0. The van der Waals surface area contributed by atoms with Crippen molar-refractivity contribution in [2.24, 2.45) is 0 Å². The second-order valence-electron chi connectivity index (χ2n) is 6.25. The Morgan fingerprint density at radius 2 is 1.90 bits per heavy atom. The summed E-state index contributed by atoms with van der Waals surface area (Å²) < 4.78 is 5.54. The largest absolute Gasteiger partial charge is 0.479 e. The number of carbonyl (C=O) groups is 2. The first-order valence-electron chi connectivity index (χ1n) is 8.74. The molecule has 11 heteroatoms. The third kappa shape index (κ3) is 5.38. The van der Waals surface area contributed by atoms with Gasteiger partial charge in [-0.1, -0.05) is 24.3 Å². The number of halogens is 1. The lowest BCUT2D eigenvalue weighted by molar-refractivity contribution is -0.384. The van der Waals surface area contributed by atoms with Crippen LogP contribution in [0.5, 0.6) is 5.75 Å². The van der Waals surface area contributed by atoms with Crippen molar-refractivity contribution in [1.29, 1.82) is 0 Å². The number of rotatable bonds is 9. The lowest BCUT2D eigenvalue weighted by Crippen LogP contribution is -2.11. The number of ether oxygens (including phenoxy) is 1. The number of carboxylic acids is 2. The zero-order valence-corrected chi connectivity index (χ0v) is 18.1. The minimum absolute atomic E-state index is 0.0173. The number of aliphatic carboxylic acids is 1. The van der Waals surface area contributed by atoms with Gasteiger partial charge in [0, 0.05) is 24.4 Å². The molecule has 3 rings (SSSR count). The lowest BCUT2D eigenvalue weighted by Gasteiger charge is -2.08. The van der Waals surface area contributed by atoms with Crippen molar-refractivity contribution in [3.8, 4) is 16.2 Å². The maximum absolute atomic E-state index is 11.6. The molecule has 0 unspecified atom stereocenters. The van der Waals surface area contributed by atoms with Gasteiger partial charge in [-0.2, -0.15) is 0 Å². The average molecular weight is 507 g/mol. The lowest BCUT2D eigenvalue weighted by atomic mass is 10.1. The summed E-state index contributed by atoms with van der Waals surface area (Å²) in [4.78, 5) is 33.3. The number of aromatic carboxylic acids is 1. The Morgan fingerprint density at radius 3 is 2.58 bits per heavy atom. The fourth-order valence-electron chi connectivity index (χ4n) is 2.74. The van der Waals surface area contributed by atoms with Crippen LogP contribution in [-0.4, -0.2) is 33.7 Å².